The zero-order valence-electron chi connectivity index (χ0n) is 10.4. The van der Waals surface area contributed by atoms with E-state index in [9.17, 15) is 4.79 Å². The number of aryl methyl sites for hydroxylation is 1. The highest BCUT2D eigenvalue weighted by Gasteiger charge is 2.14. The summed E-state index contributed by atoms with van der Waals surface area (Å²) >= 11 is 3.38. The second-order valence-corrected chi connectivity index (χ2v) is 4.82. The van der Waals surface area contributed by atoms with Crippen molar-refractivity contribution in [3.8, 4) is 0 Å². The van der Waals surface area contributed by atoms with Crippen molar-refractivity contribution in [2.75, 3.05) is 18.4 Å². The number of carbonyl (C=O) groups is 1. The Hall–Kier alpha value is -0.900. The van der Waals surface area contributed by atoms with Crippen LogP contribution in [0.4, 0.5) is 0 Å². The van der Waals surface area contributed by atoms with E-state index in [1.54, 1.807) is 6.20 Å². The first-order valence-corrected chi connectivity index (χ1v) is 7.09. The summed E-state index contributed by atoms with van der Waals surface area (Å²) < 4.78 is 0. The third-order valence-electron chi connectivity index (χ3n) is 2.58. The van der Waals surface area contributed by atoms with Crippen molar-refractivity contribution in [1.29, 1.82) is 0 Å². The SMILES string of the molecule is CCCCN(CCBr)C(=O)c1ccc(C)nc1. The lowest BCUT2D eigenvalue weighted by atomic mass is 10.2. The fourth-order valence-electron chi connectivity index (χ4n) is 1.54. The molecule has 0 aromatic carbocycles. The van der Waals surface area contributed by atoms with Crippen molar-refractivity contribution in [2.24, 2.45) is 0 Å². The molecule has 0 unspecified atom stereocenters. The number of carbonyl (C=O) groups excluding carboxylic acids is 1. The summed E-state index contributed by atoms with van der Waals surface area (Å²) in [5.41, 5.74) is 1.61. The van der Waals surface area contributed by atoms with Crippen LogP contribution in [-0.2, 0) is 0 Å². The average Bonchev–Trinajstić information content (AvgIpc) is 2.34. The fourth-order valence-corrected chi connectivity index (χ4v) is 1.97. The Morgan fingerprint density at radius 3 is 2.71 bits per heavy atom. The molecule has 0 saturated carbocycles. The Morgan fingerprint density at radius 2 is 2.18 bits per heavy atom. The average molecular weight is 299 g/mol. The van der Waals surface area contributed by atoms with Gasteiger partial charge in [-0.1, -0.05) is 29.3 Å². The Labute approximate surface area is 111 Å². The second kappa shape index (κ2) is 7.43. The number of rotatable bonds is 6. The number of unbranched alkanes of at least 4 members (excludes halogenated alkanes) is 1. The topological polar surface area (TPSA) is 33.2 Å². The first kappa shape index (κ1) is 14.2. The first-order chi connectivity index (χ1) is 8.19. The highest BCUT2D eigenvalue weighted by atomic mass is 79.9. The standard InChI is InChI=1S/C13H19BrN2O/c1-3-4-8-16(9-7-14)13(17)12-6-5-11(2)15-10-12/h5-6,10H,3-4,7-9H2,1-2H3. The van der Waals surface area contributed by atoms with Crippen molar-refractivity contribution in [3.63, 3.8) is 0 Å². The van der Waals surface area contributed by atoms with Gasteiger partial charge in [0.1, 0.15) is 0 Å². The van der Waals surface area contributed by atoms with Gasteiger partial charge in [-0.05, 0) is 25.5 Å². The summed E-state index contributed by atoms with van der Waals surface area (Å²) in [4.78, 5) is 18.3. The molecular weight excluding hydrogens is 280 g/mol. The van der Waals surface area contributed by atoms with Crippen LogP contribution in [0.3, 0.4) is 0 Å². The van der Waals surface area contributed by atoms with Gasteiger partial charge in [-0.25, -0.2) is 0 Å². The van der Waals surface area contributed by atoms with Crippen LogP contribution in [0.5, 0.6) is 0 Å². The molecule has 0 aliphatic heterocycles. The molecule has 1 rings (SSSR count). The minimum absolute atomic E-state index is 0.0744. The number of aromatic nitrogens is 1. The summed E-state index contributed by atoms with van der Waals surface area (Å²) in [7, 11) is 0. The molecule has 1 heterocycles. The molecule has 94 valence electrons. The van der Waals surface area contributed by atoms with Gasteiger partial charge in [-0.15, -0.1) is 0 Å². The van der Waals surface area contributed by atoms with Crippen molar-refractivity contribution in [2.45, 2.75) is 26.7 Å². The summed E-state index contributed by atoms with van der Waals surface area (Å²) in [6.45, 7) is 5.60. The van der Waals surface area contributed by atoms with E-state index in [0.29, 0.717) is 5.56 Å². The minimum atomic E-state index is 0.0744. The van der Waals surface area contributed by atoms with E-state index in [4.69, 9.17) is 0 Å². The van der Waals surface area contributed by atoms with Gasteiger partial charge in [-0.3, -0.25) is 9.78 Å². The van der Waals surface area contributed by atoms with E-state index in [0.717, 1.165) is 37.0 Å². The molecule has 0 radical (unpaired) electrons. The zero-order chi connectivity index (χ0) is 12.7. The third-order valence-corrected chi connectivity index (χ3v) is 2.94. The second-order valence-electron chi connectivity index (χ2n) is 4.02. The smallest absolute Gasteiger partial charge is 0.255 e. The van der Waals surface area contributed by atoms with E-state index in [2.05, 4.69) is 27.8 Å². The van der Waals surface area contributed by atoms with Gasteiger partial charge in [0, 0.05) is 30.3 Å². The Morgan fingerprint density at radius 1 is 1.41 bits per heavy atom. The van der Waals surface area contributed by atoms with Gasteiger partial charge in [0.15, 0.2) is 0 Å². The largest absolute Gasteiger partial charge is 0.338 e. The van der Waals surface area contributed by atoms with Gasteiger partial charge >= 0.3 is 0 Å². The van der Waals surface area contributed by atoms with E-state index in [-0.39, 0.29) is 5.91 Å². The quantitative estimate of drug-likeness (QED) is 0.757. The molecule has 17 heavy (non-hydrogen) atoms. The number of hydrogen-bond acceptors (Lipinski definition) is 2. The molecule has 1 aromatic heterocycles. The predicted octanol–water partition coefficient (Wildman–Crippen LogP) is 3.03. The first-order valence-electron chi connectivity index (χ1n) is 5.97. The zero-order valence-corrected chi connectivity index (χ0v) is 12.0. The van der Waals surface area contributed by atoms with Crippen LogP contribution >= 0.6 is 15.9 Å². The van der Waals surface area contributed by atoms with Crippen LogP contribution in [0.1, 0.15) is 35.8 Å². The van der Waals surface area contributed by atoms with E-state index < -0.39 is 0 Å². The van der Waals surface area contributed by atoms with E-state index >= 15 is 0 Å². The summed E-state index contributed by atoms with van der Waals surface area (Å²) in [6.07, 6.45) is 3.79. The molecule has 0 saturated heterocycles. The number of pyridine rings is 1. The lowest BCUT2D eigenvalue weighted by Crippen LogP contribution is -2.33. The molecule has 4 heteroatoms. The van der Waals surface area contributed by atoms with Gasteiger partial charge < -0.3 is 4.90 Å². The van der Waals surface area contributed by atoms with Gasteiger partial charge in [-0.2, -0.15) is 0 Å². The molecule has 0 fully saturated rings. The number of nitrogens with zero attached hydrogens (tertiary/aromatic N) is 2. The number of halogens is 1. The molecule has 0 spiro atoms. The normalized spacial score (nSPS) is 10.3. The summed E-state index contributed by atoms with van der Waals surface area (Å²) in [6, 6.07) is 3.72. The Balaban J connectivity index is 2.72. The van der Waals surface area contributed by atoms with Crippen LogP contribution in [-0.4, -0.2) is 34.2 Å². The van der Waals surface area contributed by atoms with Gasteiger partial charge in [0.25, 0.3) is 5.91 Å². The fraction of sp³-hybridized carbons (Fsp3) is 0.538. The van der Waals surface area contributed by atoms with Crippen molar-refractivity contribution in [1.82, 2.24) is 9.88 Å². The Bertz CT molecular complexity index is 351. The molecule has 0 atom stereocenters. The van der Waals surface area contributed by atoms with Crippen LogP contribution in [0.25, 0.3) is 0 Å². The third kappa shape index (κ3) is 4.46. The number of alkyl halides is 1. The van der Waals surface area contributed by atoms with Crippen LogP contribution in [0.15, 0.2) is 18.3 Å². The maximum atomic E-state index is 12.2. The van der Waals surface area contributed by atoms with Gasteiger partial charge in [0.05, 0.1) is 5.56 Å². The van der Waals surface area contributed by atoms with E-state index in [1.807, 2.05) is 24.0 Å². The molecule has 1 aromatic rings. The lowest BCUT2D eigenvalue weighted by molar-refractivity contribution is 0.0764. The monoisotopic (exact) mass is 298 g/mol. The van der Waals surface area contributed by atoms with Crippen molar-refractivity contribution in [3.05, 3.63) is 29.6 Å². The van der Waals surface area contributed by atoms with Crippen molar-refractivity contribution >= 4 is 21.8 Å². The number of amides is 1. The molecule has 0 aliphatic carbocycles. The molecule has 0 bridgehead atoms. The lowest BCUT2D eigenvalue weighted by Gasteiger charge is -2.21. The van der Waals surface area contributed by atoms with E-state index in [1.165, 1.54) is 0 Å². The molecule has 0 aliphatic rings. The van der Waals surface area contributed by atoms with Crippen LogP contribution < -0.4 is 0 Å². The highest BCUT2D eigenvalue weighted by Crippen LogP contribution is 2.07. The highest BCUT2D eigenvalue weighted by molar-refractivity contribution is 9.09. The maximum Gasteiger partial charge on any atom is 0.255 e. The summed E-state index contributed by atoms with van der Waals surface area (Å²) in [5.74, 6) is 0.0744. The molecule has 0 N–H and O–H groups in total. The maximum absolute atomic E-state index is 12.2. The Kier molecular flexibility index (Phi) is 6.19. The van der Waals surface area contributed by atoms with Crippen molar-refractivity contribution < 1.29 is 4.79 Å². The molecule has 3 nitrogen and oxygen atoms in total. The predicted molar refractivity (Wildman–Crippen MR) is 73.6 cm³/mol. The summed E-state index contributed by atoms with van der Waals surface area (Å²) in [5, 5.41) is 0.807. The molecule has 1 amide bonds. The van der Waals surface area contributed by atoms with Crippen LogP contribution in [0.2, 0.25) is 0 Å². The molecular formula is C13H19BrN2O. The number of hydrogen-bond donors (Lipinski definition) is 0. The van der Waals surface area contributed by atoms with Gasteiger partial charge in [0.2, 0.25) is 0 Å². The minimum Gasteiger partial charge on any atom is -0.338 e. The van der Waals surface area contributed by atoms with Crippen LogP contribution in [0, 0.1) is 6.92 Å².